The van der Waals surface area contributed by atoms with Gasteiger partial charge in [-0.3, -0.25) is 0 Å². The second-order valence-electron chi connectivity index (χ2n) is 4.39. The Labute approximate surface area is 105 Å². The number of aromatic nitrogens is 3. The van der Waals surface area contributed by atoms with Crippen LogP contribution in [0.25, 0.3) is 11.0 Å². The van der Waals surface area contributed by atoms with Crippen molar-refractivity contribution in [3.05, 3.63) is 24.3 Å². The SMILES string of the molecule is O=S(=O)(N1CCCCC1)n1nnc2ccccc21. The van der Waals surface area contributed by atoms with Gasteiger partial charge in [0.05, 0.1) is 0 Å². The van der Waals surface area contributed by atoms with Crippen LogP contribution in [-0.2, 0) is 10.2 Å². The highest BCUT2D eigenvalue weighted by Gasteiger charge is 2.28. The molecule has 0 bridgehead atoms. The van der Waals surface area contributed by atoms with E-state index in [1.54, 1.807) is 18.2 Å². The first-order chi connectivity index (χ1) is 8.69. The summed E-state index contributed by atoms with van der Waals surface area (Å²) in [4.78, 5) is 0. The van der Waals surface area contributed by atoms with Crippen molar-refractivity contribution in [3.63, 3.8) is 0 Å². The van der Waals surface area contributed by atoms with Crippen LogP contribution >= 0.6 is 0 Å². The molecule has 7 heteroatoms. The minimum Gasteiger partial charge on any atom is -0.187 e. The van der Waals surface area contributed by atoms with Crippen LogP contribution < -0.4 is 0 Å². The molecule has 18 heavy (non-hydrogen) atoms. The molecular weight excluding hydrogens is 252 g/mol. The second kappa shape index (κ2) is 4.33. The van der Waals surface area contributed by atoms with Crippen molar-refractivity contribution in [1.29, 1.82) is 0 Å². The molecule has 1 saturated heterocycles. The molecule has 0 radical (unpaired) electrons. The number of rotatable bonds is 2. The molecule has 1 aromatic carbocycles. The summed E-state index contributed by atoms with van der Waals surface area (Å²) in [5.41, 5.74) is 1.13. The standard InChI is InChI=1S/C11H14N4O2S/c16-18(17,14-8-4-1-5-9-14)15-11-7-3-2-6-10(11)12-13-15/h2-3,6-7H,1,4-5,8-9H2. The van der Waals surface area contributed by atoms with Crippen molar-refractivity contribution >= 4 is 21.2 Å². The van der Waals surface area contributed by atoms with E-state index < -0.39 is 10.2 Å². The first-order valence-electron chi connectivity index (χ1n) is 6.01. The van der Waals surface area contributed by atoms with Gasteiger partial charge in [0.2, 0.25) is 0 Å². The number of nitrogens with zero attached hydrogens (tertiary/aromatic N) is 4. The molecule has 0 unspecified atom stereocenters. The van der Waals surface area contributed by atoms with E-state index in [-0.39, 0.29) is 0 Å². The normalized spacial score (nSPS) is 18.2. The average Bonchev–Trinajstić information content (AvgIpc) is 2.84. The lowest BCUT2D eigenvalue weighted by Crippen LogP contribution is -2.39. The van der Waals surface area contributed by atoms with Crippen molar-refractivity contribution in [2.45, 2.75) is 19.3 Å². The zero-order valence-corrected chi connectivity index (χ0v) is 10.7. The van der Waals surface area contributed by atoms with E-state index in [0.717, 1.165) is 23.3 Å². The number of fused-ring (bicyclic) bond motifs is 1. The first kappa shape index (κ1) is 11.6. The summed E-state index contributed by atoms with van der Waals surface area (Å²) in [5.74, 6) is 0. The largest absolute Gasteiger partial charge is 0.324 e. The summed E-state index contributed by atoms with van der Waals surface area (Å²) in [6.45, 7) is 1.13. The van der Waals surface area contributed by atoms with E-state index in [4.69, 9.17) is 0 Å². The van der Waals surface area contributed by atoms with Crippen LogP contribution in [0.3, 0.4) is 0 Å². The molecule has 1 aliphatic rings. The van der Waals surface area contributed by atoms with Gasteiger partial charge in [-0.2, -0.15) is 12.7 Å². The van der Waals surface area contributed by atoms with E-state index in [2.05, 4.69) is 10.3 Å². The molecule has 96 valence electrons. The monoisotopic (exact) mass is 266 g/mol. The van der Waals surface area contributed by atoms with E-state index in [0.29, 0.717) is 24.1 Å². The quantitative estimate of drug-likeness (QED) is 0.813. The predicted molar refractivity (Wildman–Crippen MR) is 67.3 cm³/mol. The highest BCUT2D eigenvalue weighted by atomic mass is 32.2. The van der Waals surface area contributed by atoms with Gasteiger partial charge in [-0.1, -0.05) is 18.6 Å². The number of hydrogen-bond acceptors (Lipinski definition) is 4. The van der Waals surface area contributed by atoms with Crippen molar-refractivity contribution in [2.75, 3.05) is 13.1 Å². The van der Waals surface area contributed by atoms with Gasteiger partial charge in [-0.05, 0) is 30.2 Å². The van der Waals surface area contributed by atoms with Crippen molar-refractivity contribution in [2.24, 2.45) is 0 Å². The number of piperidine rings is 1. The average molecular weight is 266 g/mol. The smallest absolute Gasteiger partial charge is 0.187 e. The molecule has 1 aliphatic heterocycles. The molecule has 0 N–H and O–H groups in total. The topological polar surface area (TPSA) is 68.1 Å². The molecule has 0 saturated carbocycles. The van der Waals surface area contributed by atoms with Crippen molar-refractivity contribution in [3.8, 4) is 0 Å². The van der Waals surface area contributed by atoms with Crippen LogP contribution in [0.15, 0.2) is 24.3 Å². The van der Waals surface area contributed by atoms with E-state index >= 15 is 0 Å². The fraction of sp³-hybridized carbons (Fsp3) is 0.455. The minimum atomic E-state index is -3.57. The van der Waals surface area contributed by atoms with Crippen LogP contribution in [0.5, 0.6) is 0 Å². The highest BCUT2D eigenvalue weighted by molar-refractivity contribution is 7.87. The first-order valence-corrected chi connectivity index (χ1v) is 7.40. The molecule has 1 fully saturated rings. The predicted octanol–water partition coefficient (Wildman–Crippen LogP) is 1.01. The molecule has 2 aromatic rings. The van der Waals surface area contributed by atoms with Crippen LogP contribution in [-0.4, -0.2) is 40.2 Å². The fourth-order valence-electron chi connectivity index (χ4n) is 2.22. The maximum atomic E-state index is 12.4. The number of benzene rings is 1. The third-order valence-corrected chi connectivity index (χ3v) is 4.91. The summed E-state index contributed by atoms with van der Waals surface area (Å²) >= 11 is 0. The molecule has 3 rings (SSSR count). The Kier molecular flexibility index (Phi) is 2.79. The van der Waals surface area contributed by atoms with E-state index in [1.165, 1.54) is 4.31 Å². The summed E-state index contributed by atoms with van der Waals surface area (Å²) in [7, 11) is -3.57. The zero-order valence-electron chi connectivity index (χ0n) is 9.86. The van der Waals surface area contributed by atoms with Crippen LogP contribution in [0.4, 0.5) is 0 Å². The molecule has 1 aromatic heterocycles. The summed E-state index contributed by atoms with van der Waals surface area (Å²) < 4.78 is 27.4. The Morgan fingerprint density at radius 1 is 1.06 bits per heavy atom. The maximum Gasteiger partial charge on any atom is 0.324 e. The zero-order chi connectivity index (χ0) is 12.6. The van der Waals surface area contributed by atoms with Crippen molar-refractivity contribution in [1.82, 2.24) is 18.7 Å². The van der Waals surface area contributed by atoms with E-state index in [9.17, 15) is 8.42 Å². The lowest BCUT2D eigenvalue weighted by Gasteiger charge is -2.25. The summed E-state index contributed by atoms with van der Waals surface area (Å²) in [5, 5.41) is 7.67. The van der Waals surface area contributed by atoms with Crippen molar-refractivity contribution < 1.29 is 8.42 Å². The number of para-hydroxylation sites is 1. The summed E-state index contributed by atoms with van der Waals surface area (Å²) in [6.07, 6.45) is 2.90. The van der Waals surface area contributed by atoms with Gasteiger partial charge < -0.3 is 0 Å². The third kappa shape index (κ3) is 1.79. The van der Waals surface area contributed by atoms with Gasteiger partial charge in [-0.25, -0.2) is 0 Å². The lowest BCUT2D eigenvalue weighted by atomic mass is 10.2. The Bertz CT molecular complexity index is 658. The van der Waals surface area contributed by atoms with E-state index in [1.807, 2.05) is 6.07 Å². The van der Waals surface area contributed by atoms with Gasteiger partial charge in [0, 0.05) is 13.1 Å². The van der Waals surface area contributed by atoms with Gasteiger partial charge in [-0.15, -0.1) is 9.19 Å². The molecule has 0 amide bonds. The van der Waals surface area contributed by atoms with Crippen LogP contribution in [0.1, 0.15) is 19.3 Å². The highest BCUT2D eigenvalue weighted by Crippen LogP contribution is 2.18. The molecule has 6 nitrogen and oxygen atoms in total. The Morgan fingerprint density at radius 3 is 2.56 bits per heavy atom. The molecule has 0 aliphatic carbocycles. The van der Waals surface area contributed by atoms with Gasteiger partial charge in [0.15, 0.2) is 0 Å². The van der Waals surface area contributed by atoms with Gasteiger partial charge >= 0.3 is 10.2 Å². The van der Waals surface area contributed by atoms with Gasteiger partial charge in [0.25, 0.3) is 0 Å². The minimum absolute atomic E-state index is 0.531. The lowest BCUT2D eigenvalue weighted by molar-refractivity contribution is 0.341. The fourth-order valence-corrected chi connectivity index (χ4v) is 3.69. The third-order valence-electron chi connectivity index (χ3n) is 3.18. The van der Waals surface area contributed by atoms with Crippen LogP contribution in [0.2, 0.25) is 0 Å². The Morgan fingerprint density at radius 2 is 1.78 bits per heavy atom. The Balaban J connectivity index is 2.07. The second-order valence-corrected chi connectivity index (χ2v) is 6.15. The molecule has 0 atom stereocenters. The molecule has 0 spiro atoms. The maximum absolute atomic E-state index is 12.4. The Hall–Kier alpha value is -1.47. The molecular formula is C11H14N4O2S. The summed E-state index contributed by atoms with van der Waals surface area (Å²) in [6, 6.07) is 7.07. The number of hydrogen-bond donors (Lipinski definition) is 0. The van der Waals surface area contributed by atoms with Crippen LogP contribution in [0, 0.1) is 0 Å². The molecule has 2 heterocycles. The van der Waals surface area contributed by atoms with Gasteiger partial charge in [0.1, 0.15) is 11.0 Å².